The number of rotatable bonds is 5. The molecule has 0 unspecified atom stereocenters. The molecule has 1 aliphatic rings. The summed E-state index contributed by atoms with van der Waals surface area (Å²) in [6.45, 7) is 6.96. The van der Waals surface area contributed by atoms with Crippen LogP contribution in [0.2, 0.25) is 0 Å². The number of benzene rings is 2. The van der Waals surface area contributed by atoms with E-state index in [1.165, 1.54) is 16.2 Å². The lowest BCUT2D eigenvalue weighted by Gasteiger charge is -2.20. The summed E-state index contributed by atoms with van der Waals surface area (Å²) in [7, 11) is 1.59. The number of aromatic nitrogens is 3. The number of nitrogens with two attached hydrogens (primary N) is 1. The average molecular weight is 519 g/mol. The zero-order valence-corrected chi connectivity index (χ0v) is 21.8. The predicted octanol–water partition coefficient (Wildman–Crippen LogP) is 5.74. The number of urea groups is 1. The third-order valence-corrected chi connectivity index (χ3v) is 7.61. The molecule has 3 heterocycles. The molecule has 2 amide bonds. The monoisotopic (exact) mass is 518 g/mol. The van der Waals surface area contributed by atoms with E-state index < -0.39 is 5.82 Å². The highest BCUT2D eigenvalue weighted by Gasteiger charge is 2.34. The van der Waals surface area contributed by atoms with E-state index in [0.29, 0.717) is 40.7 Å². The second kappa shape index (κ2) is 9.44. The Morgan fingerprint density at radius 2 is 1.76 bits per heavy atom. The van der Waals surface area contributed by atoms with Gasteiger partial charge in [0.05, 0.1) is 28.4 Å². The van der Waals surface area contributed by atoms with Crippen LogP contribution in [0.15, 0.2) is 54.7 Å². The zero-order chi connectivity index (χ0) is 26.3. The van der Waals surface area contributed by atoms with Crippen molar-refractivity contribution in [2.45, 2.75) is 26.2 Å². The lowest BCUT2D eigenvalue weighted by atomic mass is 9.98. The Labute approximate surface area is 218 Å². The normalized spacial score (nSPS) is 13.9. The van der Waals surface area contributed by atoms with Gasteiger partial charge in [0.25, 0.3) is 0 Å². The number of carbonyl (C=O) groups is 1. The van der Waals surface area contributed by atoms with Crippen LogP contribution in [-0.4, -0.2) is 41.2 Å². The molecule has 1 aliphatic heterocycles. The van der Waals surface area contributed by atoms with Crippen molar-refractivity contribution in [3.05, 3.63) is 65.6 Å². The number of amides is 2. The van der Waals surface area contributed by atoms with Crippen molar-refractivity contribution in [3.63, 3.8) is 0 Å². The highest BCUT2D eigenvalue weighted by atomic mass is 32.1. The maximum atomic E-state index is 16.2. The molecule has 2 N–H and O–H groups in total. The van der Waals surface area contributed by atoms with E-state index in [-0.39, 0.29) is 23.1 Å². The lowest BCUT2D eigenvalue weighted by Crippen LogP contribution is -2.32. The van der Waals surface area contributed by atoms with Crippen molar-refractivity contribution in [1.82, 2.24) is 15.0 Å². The second-order valence-corrected chi connectivity index (χ2v) is 10.7. The number of nitrogen functional groups attached to an aromatic ring is 1. The first-order valence-corrected chi connectivity index (χ1v) is 12.6. The molecule has 1 fully saturated rings. The first-order valence-electron chi connectivity index (χ1n) is 11.8. The van der Waals surface area contributed by atoms with Crippen LogP contribution in [-0.2, 0) is 5.41 Å². The Balaban J connectivity index is 1.55. The van der Waals surface area contributed by atoms with Crippen LogP contribution < -0.4 is 20.3 Å². The van der Waals surface area contributed by atoms with Crippen molar-refractivity contribution in [1.29, 1.82) is 0 Å². The minimum absolute atomic E-state index is 0.115. The van der Waals surface area contributed by atoms with Gasteiger partial charge in [-0.1, -0.05) is 32.9 Å². The Kier molecular flexibility index (Phi) is 6.28. The molecule has 0 bridgehead atoms. The molecule has 1 saturated heterocycles. The summed E-state index contributed by atoms with van der Waals surface area (Å²) in [5.41, 5.74) is 7.93. The second-order valence-electron chi connectivity index (χ2n) is 9.67. The van der Waals surface area contributed by atoms with E-state index in [2.05, 4.69) is 30.7 Å². The molecule has 0 radical (unpaired) electrons. The van der Waals surface area contributed by atoms with Crippen LogP contribution in [0.25, 0.3) is 21.8 Å². The standard InChI is InChI=1S/C27H27FN6O2S/c1-27(2,3)24-32-22(19-12-13-30-25(29)31-19)23(37-24)18-6-5-7-20(21(18)28)34-15-14-33(26(34)35)16-8-10-17(36-4)11-9-16/h5-13H,14-15H2,1-4H3,(H2,29,30,31). The first kappa shape index (κ1) is 24.6. The molecule has 2 aromatic heterocycles. The summed E-state index contributed by atoms with van der Waals surface area (Å²) in [5, 5.41) is 0.836. The van der Waals surface area contributed by atoms with Gasteiger partial charge in [0.2, 0.25) is 5.95 Å². The van der Waals surface area contributed by atoms with E-state index in [1.807, 2.05) is 12.1 Å². The largest absolute Gasteiger partial charge is 0.497 e. The first-order chi connectivity index (χ1) is 17.7. The summed E-state index contributed by atoms with van der Waals surface area (Å²) < 4.78 is 21.4. The molecule has 37 heavy (non-hydrogen) atoms. The van der Waals surface area contributed by atoms with Crippen LogP contribution in [0.1, 0.15) is 25.8 Å². The van der Waals surface area contributed by atoms with Gasteiger partial charge in [0.15, 0.2) is 5.82 Å². The van der Waals surface area contributed by atoms with Gasteiger partial charge in [-0.15, -0.1) is 11.3 Å². The number of carbonyl (C=O) groups excluding carboxylic acids is 1. The van der Waals surface area contributed by atoms with Gasteiger partial charge >= 0.3 is 6.03 Å². The van der Waals surface area contributed by atoms with Gasteiger partial charge in [-0.25, -0.2) is 24.1 Å². The fourth-order valence-corrected chi connectivity index (χ4v) is 5.32. The molecule has 0 aliphatic carbocycles. The fraction of sp³-hybridized carbons (Fsp3) is 0.259. The van der Waals surface area contributed by atoms with Gasteiger partial charge in [-0.05, 0) is 36.4 Å². The van der Waals surface area contributed by atoms with Crippen LogP contribution in [0.3, 0.4) is 0 Å². The van der Waals surface area contributed by atoms with E-state index in [0.717, 1.165) is 10.7 Å². The summed E-state index contributed by atoms with van der Waals surface area (Å²) in [6.07, 6.45) is 1.56. The number of hydrogen-bond donors (Lipinski definition) is 1. The maximum absolute atomic E-state index is 16.2. The zero-order valence-electron chi connectivity index (χ0n) is 21.0. The Bertz CT molecular complexity index is 1460. The van der Waals surface area contributed by atoms with Gasteiger partial charge in [-0.2, -0.15) is 0 Å². The van der Waals surface area contributed by atoms with E-state index in [9.17, 15) is 4.79 Å². The topological polar surface area (TPSA) is 97.5 Å². The molecule has 4 aromatic rings. The number of anilines is 3. The van der Waals surface area contributed by atoms with Crippen LogP contribution in [0.5, 0.6) is 5.75 Å². The predicted molar refractivity (Wildman–Crippen MR) is 145 cm³/mol. The van der Waals surface area contributed by atoms with Gasteiger partial charge in [-0.3, -0.25) is 9.80 Å². The van der Waals surface area contributed by atoms with Crippen molar-refractivity contribution in [3.8, 4) is 27.6 Å². The van der Waals surface area contributed by atoms with Gasteiger partial charge in [0.1, 0.15) is 11.4 Å². The van der Waals surface area contributed by atoms with Crippen molar-refractivity contribution >= 4 is 34.7 Å². The molecule has 5 rings (SSSR count). The average Bonchev–Trinajstić information content (AvgIpc) is 3.49. The molecule has 2 aromatic carbocycles. The Morgan fingerprint density at radius 3 is 2.43 bits per heavy atom. The Hall–Kier alpha value is -4.05. The number of thiazole rings is 1. The highest BCUT2D eigenvalue weighted by Crippen LogP contribution is 2.43. The van der Waals surface area contributed by atoms with E-state index in [1.54, 1.807) is 54.6 Å². The number of ether oxygens (including phenoxy) is 1. The SMILES string of the molecule is COc1ccc(N2CCN(c3cccc(-c4sc(C(C)(C)C)nc4-c4ccnc(N)n4)c3F)C2=O)cc1. The molecule has 8 nitrogen and oxygen atoms in total. The van der Waals surface area contributed by atoms with E-state index in [4.69, 9.17) is 15.5 Å². The van der Waals surface area contributed by atoms with E-state index >= 15 is 4.39 Å². The van der Waals surface area contributed by atoms with Crippen LogP contribution >= 0.6 is 11.3 Å². The smallest absolute Gasteiger partial charge is 0.329 e. The minimum Gasteiger partial charge on any atom is -0.497 e. The van der Waals surface area contributed by atoms with Gasteiger partial charge in [0, 0.05) is 36.0 Å². The van der Waals surface area contributed by atoms with Crippen molar-refractivity contribution < 1.29 is 13.9 Å². The quantitative estimate of drug-likeness (QED) is 0.362. The summed E-state index contributed by atoms with van der Waals surface area (Å²) in [5.74, 6) is 0.329. The van der Waals surface area contributed by atoms with Crippen molar-refractivity contribution in [2.24, 2.45) is 0 Å². The number of halogens is 1. The maximum Gasteiger partial charge on any atom is 0.329 e. The molecule has 0 atom stereocenters. The summed E-state index contributed by atoms with van der Waals surface area (Å²) >= 11 is 1.41. The van der Waals surface area contributed by atoms with Crippen LogP contribution in [0, 0.1) is 5.82 Å². The van der Waals surface area contributed by atoms with Crippen molar-refractivity contribution in [2.75, 3.05) is 35.7 Å². The third-order valence-electron chi connectivity index (χ3n) is 6.09. The third kappa shape index (κ3) is 4.60. The molecule has 10 heteroatoms. The molecular weight excluding hydrogens is 491 g/mol. The molecule has 0 saturated carbocycles. The van der Waals surface area contributed by atoms with Gasteiger partial charge < -0.3 is 10.5 Å². The lowest BCUT2D eigenvalue weighted by molar-refractivity contribution is 0.255. The Morgan fingerprint density at radius 1 is 1.03 bits per heavy atom. The number of hydrogen-bond acceptors (Lipinski definition) is 7. The fourth-order valence-electron chi connectivity index (χ4n) is 4.17. The highest BCUT2D eigenvalue weighted by molar-refractivity contribution is 7.15. The molecule has 190 valence electrons. The summed E-state index contributed by atoms with van der Waals surface area (Å²) in [4.78, 5) is 30.2. The summed E-state index contributed by atoms with van der Waals surface area (Å²) in [6, 6.07) is 13.7. The number of methoxy groups -OCH3 is 1. The minimum atomic E-state index is -0.486. The number of nitrogens with zero attached hydrogens (tertiary/aromatic N) is 5. The molecular formula is C27H27FN6O2S. The van der Waals surface area contributed by atoms with Crippen LogP contribution in [0.4, 0.5) is 26.5 Å². The molecule has 0 spiro atoms.